The first-order valence-corrected chi connectivity index (χ1v) is 7.93. The lowest BCUT2D eigenvalue weighted by atomic mass is 10.1. The molecule has 0 saturated carbocycles. The van der Waals surface area contributed by atoms with Gasteiger partial charge in [0.1, 0.15) is 29.8 Å². The number of benzene rings is 2. The zero-order valence-electron chi connectivity index (χ0n) is 14.6. The van der Waals surface area contributed by atoms with Gasteiger partial charge in [0.05, 0.1) is 17.7 Å². The zero-order chi connectivity index (χ0) is 20.9. The molecule has 1 atom stereocenters. The summed E-state index contributed by atoms with van der Waals surface area (Å²) >= 11 is 0. The average Bonchev–Trinajstić information content (AvgIpc) is 2.64. The van der Waals surface area contributed by atoms with E-state index in [2.05, 4.69) is 10.2 Å². The Labute approximate surface area is 158 Å². The van der Waals surface area contributed by atoms with Crippen LogP contribution in [0.4, 0.5) is 28.9 Å². The second-order valence-electron chi connectivity index (χ2n) is 6.23. The summed E-state index contributed by atoms with van der Waals surface area (Å²) in [6.07, 6.45) is -4.68. The van der Waals surface area contributed by atoms with E-state index in [1.165, 1.54) is 25.1 Å². The molecule has 0 aliphatic heterocycles. The Morgan fingerprint density at radius 3 is 2.54 bits per heavy atom. The van der Waals surface area contributed by atoms with Gasteiger partial charge < -0.3 is 15.2 Å². The molecule has 28 heavy (non-hydrogen) atoms. The maximum absolute atomic E-state index is 13.5. The molecule has 0 unspecified atom stereocenters. The van der Waals surface area contributed by atoms with Crippen LogP contribution in [-0.2, 0) is 6.18 Å². The summed E-state index contributed by atoms with van der Waals surface area (Å²) in [6, 6.07) is 8.40. The molecule has 146 valence electrons. The molecule has 0 aliphatic carbocycles. The monoisotopic (exact) mass is 393 g/mol. The maximum atomic E-state index is 13.5. The molecule has 2 rings (SSSR count). The lowest BCUT2D eigenvalue weighted by Crippen LogP contribution is -2.39. The van der Waals surface area contributed by atoms with E-state index in [0.29, 0.717) is 0 Å². The van der Waals surface area contributed by atoms with E-state index in [-0.39, 0.29) is 30.2 Å². The lowest BCUT2D eigenvalue weighted by Gasteiger charge is -2.25. The van der Waals surface area contributed by atoms with Crippen LogP contribution in [0.1, 0.15) is 18.1 Å². The van der Waals surface area contributed by atoms with E-state index in [9.17, 15) is 22.7 Å². The van der Waals surface area contributed by atoms with Crippen molar-refractivity contribution in [2.45, 2.75) is 18.7 Å². The standard InChI is InChI=1S/C19H15F4N3O2/c1-18(27,11-28-14-5-3-12(9-24)16(20)8-14)10-26-13-4-6-17(25-2)15(7-13)19(21,22)23/h3-8,26-27H,10-11H2,1H3/t18-/m1/s1. The van der Waals surface area contributed by atoms with E-state index in [1.54, 1.807) is 6.07 Å². The fourth-order valence-corrected chi connectivity index (χ4v) is 2.23. The van der Waals surface area contributed by atoms with E-state index >= 15 is 0 Å². The number of halogens is 4. The number of aliphatic hydroxyl groups is 1. The van der Waals surface area contributed by atoms with Crippen molar-refractivity contribution in [1.29, 1.82) is 5.26 Å². The summed E-state index contributed by atoms with van der Waals surface area (Å²) < 4.78 is 57.8. The van der Waals surface area contributed by atoms with Crippen LogP contribution >= 0.6 is 0 Å². The molecule has 0 spiro atoms. The Morgan fingerprint density at radius 1 is 1.25 bits per heavy atom. The Kier molecular flexibility index (Phi) is 6.12. The van der Waals surface area contributed by atoms with Gasteiger partial charge in [0, 0.05) is 18.3 Å². The molecule has 0 amide bonds. The van der Waals surface area contributed by atoms with Crippen molar-refractivity contribution < 1.29 is 27.4 Å². The summed E-state index contributed by atoms with van der Waals surface area (Å²) in [5.41, 5.74) is -3.16. The molecule has 0 aromatic heterocycles. The summed E-state index contributed by atoms with van der Waals surface area (Å²) in [5, 5.41) is 21.7. The Bertz CT molecular complexity index is 944. The minimum Gasteiger partial charge on any atom is -0.490 e. The third kappa shape index (κ3) is 5.35. The molecule has 2 N–H and O–H groups in total. The minimum absolute atomic E-state index is 0.0735. The largest absolute Gasteiger partial charge is 0.490 e. The maximum Gasteiger partial charge on any atom is 0.407 e. The first-order chi connectivity index (χ1) is 13.1. The molecular weight excluding hydrogens is 378 g/mol. The number of nitriles is 1. The molecule has 5 nitrogen and oxygen atoms in total. The summed E-state index contributed by atoms with van der Waals surface area (Å²) in [5.74, 6) is -0.671. The Hall–Kier alpha value is -3.30. The van der Waals surface area contributed by atoms with Gasteiger partial charge in [-0.25, -0.2) is 9.24 Å². The molecule has 0 fully saturated rings. The smallest absolute Gasteiger partial charge is 0.407 e. The van der Waals surface area contributed by atoms with Crippen LogP contribution < -0.4 is 10.1 Å². The number of anilines is 1. The molecule has 2 aromatic carbocycles. The lowest BCUT2D eigenvalue weighted by molar-refractivity contribution is -0.136. The SMILES string of the molecule is [C-]#[N+]c1ccc(NC[C@@](C)(O)COc2ccc(C#N)c(F)c2)cc1C(F)(F)F. The van der Waals surface area contributed by atoms with Crippen molar-refractivity contribution in [2.75, 3.05) is 18.5 Å². The third-order valence-electron chi connectivity index (χ3n) is 3.71. The fourth-order valence-electron chi connectivity index (χ4n) is 2.23. The molecule has 0 aliphatic rings. The second-order valence-corrected chi connectivity index (χ2v) is 6.23. The van der Waals surface area contributed by atoms with E-state index in [0.717, 1.165) is 18.2 Å². The summed E-state index contributed by atoms with van der Waals surface area (Å²) in [7, 11) is 0. The van der Waals surface area contributed by atoms with Crippen LogP contribution in [0.2, 0.25) is 0 Å². The molecule has 0 bridgehead atoms. The molecule has 0 radical (unpaired) electrons. The molecule has 2 aromatic rings. The van der Waals surface area contributed by atoms with Crippen molar-refractivity contribution >= 4 is 11.4 Å². The first-order valence-electron chi connectivity index (χ1n) is 7.93. The van der Waals surface area contributed by atoms with E-state index in [4.69, 9.17) is 16.6 Å². The number of hydrogen-bond donors (Lipinski definition) is 2. The van der Waals surface area contributed by atoms with E-state index < -0.39 is 28.8 Å². The van der Waals surface area contributed by atoms with Crippen molar-refractivity contribution in [3.05, 3.63) is 64.8 Å². The molecule has 0 saturated heterocycles. The average molecular weight is 393 g/mol. The highest BCUT2D eigenvalue weighted by atomic mass is 19.4. The normalized spacial score (nSPS) is 13.1. The van der Waals surface area contributed by atoms with Crippen molar-refractivity contribution in [2.24, 2.45) is 0 Å². The number of rotatable bonds is 6. The van der Waals surface area contributed by atoms with Crippen LogP contribution in [0.15, 0.2) is 36.4 Å². The predicted molar refractivity (Wildman–Crippen MR) is 93.4 cm³/mol. The van der Waals surface area contributed by atoms with Gasteiger partial charge in [-0.05, 0) is 31.2 Å². The van der Waals surface area contributed by atoms with Gasteiger partial charge >= 0.3 is 6.18 Å². The highest BCUT2D eigenvalue weighted by Gasteiger charge is 2.33. The topological polar surface area (TPSA) is 69.6 Å². The number of alkyl halides is 3. The second kappa shape index (κ2) is 8.15. The fraction of sp³-hybridized carbons (Fsp3) is 0.263. The van der Waals surface area contributed by atoms with Crippen molar-refractivity contribution in [3.63, 3.8) is 0 Å². The van der Waals surface area contributed by atoms with Gasteiger partial charge in [-0.3, -0.25) is 0 Å². The van der Waals surface area contributed by atoms with Crippen LogP contribution in [0.25, 0.3) is 4.85 Å². The highest BCUT2D eigenvalue weighted by Crippen LogP contribution is 2.38. The Morgan fingerprint density at radius 2 is 1.96 bits per heavy atom. The highest BCUT2D eigenvalue weighted by molar-refractivity contribution is 5.61. The number of ether oxygens (including phenoxy) is 1. The van der Waals surface area contributed by atoms with Crippen LogP contribution in [0.5, 0.6) is 5.75 Å². The number of hydrogen-bond acceptors (Lipinski definition) is 4. The molecule has 9 heteroatoms. The van der Waals surface area contributed by atoms with Gasteiger partial charge in [0.2, 0.25) is 0 Å². The zero-order valence-corrected chi connectivity index (χ0v) is 14.6. The molecular formula is C19H15F4N3O2. The number of nitrogens with zero attached hydrogens (tertiary/aromatic N) is 2. The van der Waals surface area contributed by atoms with Gasteiger partial charge in [-0.15, -0.1) is 0 Å². The van der Waals surface area contributed by atoms with E-state index in [1.807, 2.05) is 0 Å². The third-order valence-corrected chi connectivity index (χ3v) is 3.71. The van der Waals surface area contributed by atoms with Crippen LogP contribution in [-0.4, -0.2) is 23.9 Å². The summed E-state index contributed by atoms with van der Waals surface area (Å²) in [6.45, 7) is 7.76. The van der Waals surface area contributed by atoms with Crippen molar-refractivity contribution in [1.82, 2.24) is 0 Å². The van der Waals surface area contributed by atoms with Crippen LogP contribution in [0.3, 0.4) is 0 Å². The quantitative estimate of drug-likeness (QED) is 0.560. The molecule has 0 heterocycles. The predicted octanol–water partition coefficient (Wildman–Crippen LogP) is 4.51. The van der Waals surface area contributed by atoms with Gasteiger partial charge in [-0.1, -0.05) is 6.07 Å². The Balaban J connectivity index is 2.02. The van der Waals surface area contributed by atoms with Crippen LogP contribution in [0, 0.1) is 23.7 Å². The summed E-state index contributed by atoms with van der Waals surface area (Å²) in [4.78, 5) is 2.85. The van der Waals surface area contributed by atoms with Gasteiger partial charge in [0.25, 0.3) is 0 Å². The first kappa shape index (κ1) is 21.0. The van der Waals surface area contributed by atoms with Gasteiger partial charge in [-0.2, -0.15) is 18.4 Å². The van der Waals surface area contributed by atoms with Gasteiger partial charge in [0.15, 0.2) is 5.69 Å². The minimum atomic E-state index is -4.68. The van der Waals surface area contributed by atoms with Crippen molar-refractivity contribution in [3.8, 4) is 11.8 Å². The number of nitrogens with one attached hydrogen (secondary N) is 1.